The summed E-state index contributed by atoms with van der Waals surface area (Å²) < 4.78 is 0. The molecular formula is C8H11N5S. The number of aromatic nitrogens is 4. The van der Waals surface area contributed by atoms with Crippen LogP contribution in [0.2, 0.25) is 0 Å². The monoisotopic (exact) mass is 209 g/mol. The maximum atomic E-state index is 5.11. The van der Waals surface area contributed by atoms with E-state index >= 15 is 0 Å². The van der Waals surface area contributed by atoms with Crippen molar-refractivity contribution >= 4 is 17.7 Å². The predicted octanol–water partition coefficient (Wildman–Crippen LogP) is 0.814. The topological polar surface area (TPSA) is 63.6 Å². The van der Waals surface area contributed by atoms with Crippen molar-refractivity contribution < 1.29 is 0 Å². The lowest BCUT2D eigenvalue weighted by atomic mass is 10.3. The highest BCUT2D eigenvalue weighted by Gasteiger charge is 1.98. The Bertz CT molecular complexity index is 305. The Balaban J connectivity index is 2.33. The van der Waals surface area contributed by atoms with E-state index in [2.05, 4.69) is 31.6 Å². The minimum atomic E-state index is 0.444. The fourth-order valence-electron chi connectivity index (χ4n) is 0.763. The maximum absolute atomic E-state index is 5.11. The number of rotatable bonds is 5. The number of anilines is 1. The molecule has 0 aromatic carbocycles. The highest BCUT2D eigenvalue weighted by molar-refractivity contribution is 7.98. The molecule has 0 aliphatic rings. The van der Waals surface area contributed by atoms with Crippen LogP contribution in [-0.2, 0) is 0 Å². The Morgan fingerprint density at radius 1 is 1.36 bits per heavy atom. The molecule has 0 saturated heterocycles. The molecule has 1 heterocycles. The fourth-order valence-corrected chi connectivity index (χ4v) is 1.01. The van der Waals surface area contributed by atoms with Gasteiger partial charge >= 0.3 is 0 Å². The smallest absolute Gasteiger partial charge is 0.262 e. The van der Waals surface area contributed by atoms with Gasteiger partial charge in [0.1, 0.15) is 0 Å². The van der Waals surface area contributed by atoms with E-state index in [-0.39, 0.29) is 0 Å². The van der Waals surface area contributed by atoms with E-state index in [0.29, 0.717) is 11.1 Å². The van der Waals surface area contributed by atoms with Crippen LogP contribution in [0.4, 0.5) is 5.95 Å². The van der Waals surface area contributed by atoms with Gasteiger partial charge in [0, 0.05) is 13.0 Å². The van der Waals surface area contributed by atoms with Gasteiger partial charge in [-0.15, -0.1) is 32.7 Å². The van der Waals surface area contributed by atoms with Crippen LogP contribution in [0, 0.1) is 12.3 Å². The lowest BCUT2D eigenvalue weighted by Crippen LogP contribution is -2.07. The van der Waals surface area contributed by atoms with Crippen molar-refractivity contribution in [3.8, 4) is 12.3 Å². The van der Waals surface area contributed by atoms with E-state index < -0.39 is 0 Å². The van der Waals surface area contributed by atoms with Crippen molar-refractivity contribution in [3.63, 3.8) is 0 Å². The second kappa shape index (κ2) is 6.16. The molecule has 1 aromatic rings. The molecule has 0 amide bonds. The Hall–Kier alpha value is -1.35. The molecular weight excluding hydrogens is 198 g/mol. The largest absolute Gasteiger partial charge is 0.352 e. The molecule has 0 aliphatic heterocycles. The van der Waals surface area contributed by atoms with Crippen molar-refractivity contribution in [2.24, 2.45) is 0 Å². The molecule has 0 atom stereocenters. The quantitative estimate of drug-likeness (QED) is 0.440. The predicted molar refractivity (Wildman–Crippen MR) is 56.0 cm³/mol. The van der Waals surface area contributed by atoms with Gasteiger partial charge in [-0.25, -0.2) is 0 Å². The first-order valence-electron chi connectivity index (χ1n) is 4.15. The first kappa shape index (κ1) is 10.7. The summed E-state index contributed by atoms with van der Waals surface area (Å²) in [6.45, 7) is 0.742. The number of nitrogens with one attached hydrogen (secondary N) is 1. The van der Waals surface area contributed by atoms with E-state index in [4.69, 9.17) is 6.42 Å². The molecule has 0 unspecified atom stereocenters. The zero-order valence-electron chi connectivity index (χ0n) is 7.90. The van der Waals surface area contributed by atoms with E-state index in [1.54, 1.807) is 0 Å². The van der Waals surface area contributed by atoms with Gasteiger partial charge in [-0.1, -0.05) is 11.8 Å². The molecule has 0 fully saturated rings. The summed E-state index contributed by atoms with van der Waals surface area (Å²) in [6, 6.07) is 0. The van der Waals surface area contributed by atoms with Crippen LogP contribution in [0.1, 0.15) is 12.8 Å². The molecule has 0 saturated carbocycles. The third kappa shape index (κ3) is 3.58. The van der Waals surface area contributed by atoms with Gasteiger partial charge in [0.05, 0.1) is 0 Å². The molecule has 1 N–H and O–H groups in total. The molecule has 0 aliphatic carbocycles. The molecule has 0 bridgehead atoms. The van der Waals surface area contributed by atoms with Crippen LogP contribution in [0.25, 0.3) is 0 Å². The summed E-state index contributed by atoms with van der Waals surface area (Å²) in [7, 11) is 0. The van der Waals surface area contributed by atoms with Crippen LogP contribution in [0.3, 0.4) is 0 Å². The van der Waals surface area contributed by atoms with Crippen molar-refractivity contribution in [1.29, 1.82) is 0 Å². The number of nitrogens with zero attached hydrogens (tertiary/aromatic N) is 4. The lowest BCUT2D eigenvalue weighted by molar-refractivity contribution is 0.743. The van der Waals surface area contributed by atoms with Gasteiger partial charge < -0.3 is 5.32 Å². The molecule has 1 rings (SSSR count). The van der Waals surface area contributed by atoms with Gasteiger partial charge in [-0.05, 0) is 12.7 Å². The number of unbranched alkanes of at least 4 members (excludes halogenated alkanes) is 1. The second-order valence-electron chi connectivity index (χ2n) is 2.44. The number of thioether (sulfide) groups is 1. The zero-order valence-corrected chi connectivity index (χ0v) is 8.71. The first-order valence-corrected chi connectivity index (χ1v) is 5.38. The minimum Gasteiger partial charge on any atom is -0.352 e. The first-order chi connectivity index (χ1) is 6.86. The van der Waals surface area contributed by atoms with Gasteiger partial charge in [-0.3, -0.25) is 0 Å². The summed E-state index contributed by atoms with van der Waals surface area (Å²) in [4.78, 5) is 0. The summed E-state index contributed by atoms with van der Waals surface area (Å²) in [5, 5.41) is 18.9. The molecule has 5 nitrogen and oxygen atoms in total. The summed E-state index contributed by atoms with van der Waals surface area (Å²) in [5.74, 6) is 3.00. The highest BCUT2D eigenvalue weighted by atomic mass is 32.2. The fraction of sp³-hybridized carbons (Fsp3) is 0.500. The molecule has 1 aromatic heterocycles. The van der Waals surface area contributed by atoms with E-state index in [1.165, 1.54) is 11.8 Å². The zero-order chi connectivity index (χ0) is 10.2. The molecule has 0 spiro atoms. The average Bonchev–Trinajstić information content (AvgIpc) is 2.25. The van der Waals surface area contributed by atoms with Crippen molar-refractivity contribution in [2.45, 2.75) is 18.0 Å². The maximum Gasteiger partial charge on any atom is 0.262 e. The second-order valence-corrected chi connectivity index (χ2v) is 3.22. The Kier molecular flexibility index (Phi) is 4.72. The van der Waals surface area contributed by atoms with Crippen LogP contribution < -0.4 is 5.32 Å². The molecule has 0 radical (unpaired) electrons. The minimum absolute atomic E-state index is 0.444. The third-order valence-electron chi connectivity index (χ3n) is 1.42. The Labute approximate surface area is 87.1 Å². The van der Waals surface area contributed by atoms with Gasteiger partial charge in [0.25, 0.3) is 5.95 Å². The number of hydrogen-bond acceptors (Lipinski definition) is 6. The van der Waals surface area contributed by atoms with Gasteiger partial charge in [-0.2, -0.15) is 0 Å². The standard InChI is InChI=1S/C8H11N5S/c1-3-4-5-6-9-7-10-12-8(14-2)13-11-7/h1H,4-6H2,2H3,(H,9,10,11). The van der Waals surface area contributed by atoms with Crippen molar-refractivity contribution in [1.82, 2.24) is 20.4 Å². The molecule has 14 heavy (non-hydrogen) atoms. The van der Waals surface area contributed by atoms with E-state index in [1.807, 2.05) is 6.26 Å². The SMILES string of the molecule is C#CCCCNc1nnc(SC)nn1. The normalized spacial score (nSPS) is 9.43. The Morgan fingerprint density at radius 3 is 2.64 bits per heavy atom. The van der Waals surface area contributed by atoms with Crippen molar-refractivity contribution in [2.75, 3.05) is 18.1 Å². The summed E-state index contributed by atoms with van der Waals surface area (Å²) in [6.07, 6.45) is 8.62. The molecule has 6 heteroatoms. The van der Waals surface area contributed by atoms with Crippen LogP contribution in [0.15, 0.2) is 5.16 Å². The summed E-state index contributed by atoms with van der Waals surface area (Å²) >= 11 is 1.41. The lowest BCUT2D eigenvalue weighted by Gasteiger charge is -2.00. The van der Waals surface area contributed by atoms with E-state index in [0.717, 1.165) is 19.4 Å². The van der Waals surface area contributed by atoms with Crippen LogP contribution in [-0.4, -0.2) is 33.2 Å². The Morgan fingerprint density at radius 2 is 2.07 bits per heavy atom. The van der Waals surface area contributed by atoms with Gasteiger partial charge in [0.2, 0.25) is 5.16 Å². The summed E-state index contributed by atoms with van der Waals surface area (Å²) in [5.41, 5.74) is 0. The van der Waals surface area contributed by atoms with E-state index in [9.17, 15) is 0 Å². The molecule has 74 valence electrons. The van der Waals surface area contributed by atoms with Crippen LogP contribution in [0.5, 0.6) is 0 Å². The number of terminal acetylenes is 1. The van der Waals surface area contributed by atoms with Crippen molar-refractivity contribution in [3.05, 3.63) is 0 Å². The third-order valence-corrected chi connectivity index (χ3v) is 1.95. The number of hydrogen-bond donors (Lipinski definition) is 1. The average molecular weight is 209 g/mol. The highest BCUT2D eigenvalue weighted by Crippen LogP contribution is 2.04. The van der Waals surface area contributed by atoms with Gasteiger partial charge in [0.15, 0.2) is 0 Å². The van der Waals surface area contributed by atoms with Crippen LogP contribution >= 0.6 is 11.8 Å².